The number of nitrogens with zero attached hydrogens (tertiary/aromatic N) is 3. The first kappa shape index (κ1) is 19.9. The molecule has 3 aromatic rings. The summed E-state index contributed by atoms with van der Waals surface area (Å²) >= 11 is 0. The van der Waals surface area contributed by atoms with Gasteiger partial charge in [-0.15, -0.1) is 0 Å². The molecule has 1 aliphatic heterocycles. The Morgan fingerprint density at radius 2 is 1.83 bits per heavy atom. The van der Waals surface area contributed by atoms with Gasteiger partial charge in [0.25, 0.3) is 5.56 Å². The Kier molecular flexibility index (Phi) is 5.19. The minimum Gasteiger partial charge on any atom is -0.370 e. The molecule has 30 heavy (non-hydrogen) atoms. The van der Waals surface area contributed by atoms with Crippen molar-refractivity contribution in [3.05, 3.63) is 64.6 Å². The van der Waals surface area contributed by atoms with Crippen LogP contribution in [-0.4, -0.2) is 28.8 Å². The van der Waals surface area contributed by atoms with Gasteiger partial charge in [-0.3, -0.25) is 9.59 Å². The van der Waals surface area contributed by atoms with Crippen LogP contribution in [0.2, 0.25) is 0 Å². The third-order valence-corrected chi connectivity index (χ3v) is 5.10. The SMILES string of the molecule is O=C(Cn1ncc2ccccc2c1=O)Nc1cc(C(F)(F)F)ccc1N1CCCC1. The highest BCUT2D eigenvalue weighted by atomic mass is 19.4. The fraction of sp³-hybridized carbons (Fsp3) is 0.286. The lowest BCUT2D eigenvalue weighted by molar-refractivity contribution is -0.137. The van der Waals surface area contributed by atoms with E-state index in [0.717, 1.165) is 29.7 Å². The summed E-state index contributed by atoms with van der Waals surface area (Å²) in [5.41, 5.74) is -0.674. The smallest absolute Gasteiger partial charge is 0.370 e. The molecule has 0 bridgehead atoms. The molecule has 0 unspecified atom stereocenters. The Hall–Kier alpha value is -3.36. The van der Waals surface area contributed by atoms with Crippen molar-refractivity contribution >= 4 is 28.1 Å². The van der Waals surface area contributed by atoms with Gasteiger partial charge < -0.3 is 10.2 Å². The van der Waals surface area contributed by atoms with Crippen molar-refractivity contribution in [3.63, 3.8) is 0 Å². The summed E-state index contributed by atoms with van der Waals surface area (Å²) in [4.78, 5) is 27.1. The highest BCUT2D eigenvalue weighted by Crippen LogP contribution is 2.36. The summed E-state index contributed by atoms with van der Waals surface area (Å²) in [5.74, 6) is -0.625. The Morgan fingerprint density at radius 1 is 1.10 bits per heavy atom. The Bertz CT molecular complexity index is 1150. The van der Waals surface area contributed by atoms with E-state index in [2.05, 4.69) is 10.4 Å². The largest absolute Gasteiger partial charge is 0.416 e. The molecule has 9 heteroatoms. The molecule has 0 spiro atoms. The maximum Gasteiger partial charge on any atom is 0.416 e. The van der Waals surface area contributed by atoms with Crippen molar-refractivity contribution in [2.24, 2.45) is 0 Å². The minimum atomic E-state index is -4.53. The van der Waals surface area contributed by atoms with Crippen LogP contribution in [0.3, 0.4) is 0 Å². The number of amides is 1. The quantitative estimate of drug-likeness (QED) is 0.705. The molecule has 0 aliphatic carbocycles. The molecule has 1 aromatic heterocycles. The number of carbonyl (C=O) groups is 1. The number of hydrogen-bond donors (Lipinski definition) is 1. The molecule has 6 nitrogen and oxygen atoms in total. The first-order valence-electron chi connectivity index (χ1n) is 9.54. The zero-order valence-electron chi connectivity index (χ0n) is 15.9. The number of carbonyl (C=O) groups excluding carboxylic acids is 1. The average molecular weight is 416 g/mol. The van der Waals surface area contributed by atoms with Crippen LogP contribution in [0, 0.1) is 0 Å². The van der Waals surface area contributed by atoms with E-state index in [0.29, 0.717) is 29.5 Å². The summed E-state index contributed by atoms with van der Waals surface area (Å²) < 4.78 is 40.5. The van der Waals surface area contributed by atoms with Gasteiger partial charge in [-0.2, -0.15) is 18.3 Å². The van der Waals surface area contributed by atoms with E-state index < -0.39 is 29.8 Å². The maximum absolute atomic E-state index is 13.2. The third kappa shape index (κ3) is 4.00. The highest BCUT2D eigenvalue weighted by molar-refractivity contribution is 5.94. The number of fused-ring (bicyclic) bond motifs is 1. The predicted molar refractivity (Wildman–Crippen MR) is 108 cm³/mol. The Balaban J connectivity index is 1.62. The summed E-state index contributed by atoms with van der Waals surface area (Å²) in [7, 11) is 0. The lowest BCUT2D eigenvalue weighted by Crippen LogP contribution is -2.30. The van der Waals surface area contributed by atoms with Crippen LogP contribution in [0.5, 0.6) is 0 Å². The lowest BCUT2D eigenvalue weighted by Gasteiger charge is -2.23. The van der Waals surface area contributed by atoms with Gasteiger partial charge in [-0.25, -0.2) is 4.68 Å². The van der Waals surface area contributed by atoms with Crippen LogP contribution < -0.4 is 15.8 Å². The Labute approximate surface area is 169 Å². The van der Waals surface area contributed by atoms with Crippen LogP contribution in [0.25, 0.3) is 10.8 Å². The second-order valence-electron chi connectivity index (χ2n) is 7.17. The number of aromatic nitrogens is 2. The molecular weight excluding hydrogens is 397 g/mol. The summed E-state index contributed by atoms with van der Waals surface area (Å²) in [6.07, 6.45) is -1.18. The number of anilines is 2. The van der Waals surface area contributed by atoms with Gasteiger partial charge in [0.2, 0.25) is 5.91 Å². The minimum absolute atomic E-state index is 0.0746. The monoisotopic (exact) mass is 416 g/mol. The van der Waals surface area contributed by atoms with E-state index in [1.54, 1.807) is 24.3 Å². The zero-order valence-corrected chi connectivity index (χ0v) is 15.9. The normalized spacial score (nSPS) is 14.3. The molecular formula is C21H19F3N4O2. The topological polar surface area (TPSA) is 67.2 Å². The summed E-state index contributed by atoms with van der Waals surface area (Å²) in [5, 5.41) is 7.60. The zero-order chi connectivity index (χ0) is 21.3. The van der Waals surface area contributed by atoms with Gasteiger partial charge in [0.1, 0.15) is 6.54 Å². The van der Waals surface area contributed by atoms with Crippen LogP contribution >= 0.6 is 0 Å². The van der Waals surface area contributed by atoms with Gasteiger partial charge in [0.05, 0.1) is 28.5 Å². The summed E-state index contributed by atoms with van der Waals surface area (Å²) in [6.45, 7) is 1.01. The number of halogens is 3. The van der Waals surface area contributed by atoms with E-state index in [-0.39, 0.29) is 5.69 Å². The van der Waals surface area contributed by atoms with Crippen LogP contribution in [0.15, 0.2) is 53.5 Å². The molecule has 4 rings (SSSR count). The van der Waals surface area contributed by atoms with E-state index in [9.17, 15) is 22.8 Å². The van der Waals surface area contributed by atoms with Crippen LogP contribution in [0.4, 0.5) is 24.5 Å². The molecule has 2 heterocycles. The van der Waals surface area contributed by atoms with Crippen molar-refractivity contribution in [1.29, 1.82) is 0 Å². The molecule has 1 aliphatic rings. The fourth-order valence-electron chi connectivity index (χ4n) is 3.61. The van der Waals surface area contributed by atoms with Gasteiger partial charge in [-0.05, 0) is 37.1 Å². The highest BCUT2D eigenvalue weighted by Gasteiger charge is 2.32. The van der Waals surface area contributed by atoms with Gasteiger partial charge in [0.15, 0.2) is 0 Å². The molecule has 0 saturated carbocycles. The van der Waals surface area contributed by atoms with Crippen LogP contribution in [-0.2, 0) is 17.5 Å². The van der Waals surface area contributed by atoms with E-state index in [1.807, 2.05) is 4.90 Å². The number of rotatable bonds is 4. The average Bonchev–Trinajstić information content (AvgIpc) is 3.24. The Morgan fingerprint density at radius 3 is 2.57 bits per heavy atom. The number of alkyl halides is 3. The van der Waals surface area contributed by atoms with Gasteiger partial charge in [-0.1, -0.05) is 18.2 Å². The molecule has 1 amide bonds. The second-order valence-corrected chi connectivity index (χ2v) is 7.17. The number of hydrogen-bond acceptors (Lipinski definition) is 4. The van der Waals surface area contributed by atoms with Gasteiger partial charge >= 0.3 is 6.18 Å². The van der Waals surface area contributed by atoms with Gasteiger partial charge in [0, 0.05) is 18.5 Å². The van der Waals surface area contributed by atoms with Crippen molar-refractivity contribution in [2.45, 2.75) is 25.6 Å². The fourth-order valence-corrected chi connectivity index (χ4v) is 3.61. The molecule has 1 fully saturated rings. The van der Waals surface area contributed by atoms with E-state index >= 15 is 0 Å². The number of nitrogens with one attached hydrogen (secondary N) is 1. The van der Waals surface area contributed by atoms with Crippen molar-refractivity contribution in [2.75, 3.05) is 23.3 Å². The summed E-state index contributed by atoms with van der Waals surface area (Å²) in [6, 6.07) is 10.2. The van der Waals surface area contributed by atoms with Crippen LogP contribution in [0.1, 0.15) is 18.4 Å². The first-order chi connectivity index (χ1) is 14.3. The third-order valence-electron chi connectivity index (χ3n) is 5.10. The lowest BCUT2D eigenvalue weighted by atomic mass is 10.1. The standard InChI is InChI=1S/C21H19F3N4O2/c22-21(23,24)15-7-8-18(27-9-3-4-10-27)17(11-15)26-19(29)13-28-20(30)16-6-2-1-5-14(16)12-25-28/h1-2,5-8,11-12H,3-4,9-10,13H2,(H,26,29). The van der Waals surface area contributed by atoms with E-state index in [1.165, 1.54) is 12.3 Å². The molecule has 156 valence electrons. The van der Waals surface area contributed by atoms with E-state index in [4.69, 9.17) is 0 Å². The maximum atomic E-state index is 13.2. The number of benzene rings is 2. The predicted octanol–water partition coefficient (Wildman–Crippen LogP) is 3.65. The van der Waals surface area contributed by atoms with Crippen molar-refractivity contribution < 1.29 is 18.0 Å². The molecule has 1 saturated heterocycles. The molecule has 2 aromatic carbocycles. The van der Waals surface area contributed by atoms with Crippen molar-refractivity contribution in [3.8, 4) is 0 Å². The molecule has 0 radical (unpaired) electrons. The molecule has 1 N–H and O–H groups in total. The molecule has 0 atom stereocenters. The first-order valence-corrected chi connectivity index (χ1v) is 9.54. The second kappa shape index (κ2) is 7.81. The van der Waals surface area contributed by atoms with Crippen molar-refractivity contribution in [1.82, 2.24) is 9.78 Å².